The molecule has 0 aliphatic carbocycles. The number of anilines is 1. The van der Waals surface area contributed by atoms with Crippen LogP contribution in [-0.4, -0.2) is 38.4 Å². The fraction of sp³-hybridized carbons (Fsp3) is 0.533. The Kier molecular flexibility index (Phi) is 6.15. The summed E-state index contributed by atoms with van der Waals surface area (Å²) < 4.78 is 10.6. The minimum absolute atomic E-state index is 0.437. The van der Waals surface area contributed by atoms with Crippen molar-refractivity contribution in [2.45, 2.75) is 20.3 Å². The Hall–Kier alpha value is -1.91. The molecule has 0 saturated heterocycles. The molecule has 0 bridgehead atoms. The third-order valence-electron chi connectivity index (χ3n) is 3.14. The third kappa shape index (κ3) is 4.05. The van der Waals surface area contributed by atoms with Crippen LogP contribution >= 0.6 is 0 Å². The lowest BCUT2D eigenvalue weighted by Crippen LogP contribution is -2.32. The van der Waals surface area contributed by atoms with Gasteiger partial charge in [-0.15, -0.1) is 0 Å². The van der Waals surface area contributed by atoms with Gasteiger partial charge in [0.25, 0.3) is 0 Å². The molecule has 0 aliphatic rings. The van der Waals surface area contributed by atoms with Crippen molar-refractivity contribution >= 4 is 11.7 Å². The lowest BCUT2D eigenvalue weighted by molar-refractivity contribution is -0.140. The van der Waals surface area contributed by atoms with Crippen LogP contribution in [0.15, 0.2) is 18.2 Å². The molecule has 1 aromatic carbocycles. The minimum Gasteiger partial charge on any atom is -0.497 e. The van der Waals surface area contributed by atoms with Gasteiger partial charge in [0, 0.05) is 19.2 Å². The number of hydrogen-bond donors (Lipinski definition) is 1. The lowest BCUT2D eigenvalue weighted by Gasteiger charge is -2.28. The first-order chi connectivity index (χ1) is 9.53. The average molecular weight is 281 g/mol. The largest absolute Gasteiger partial charge is 0.497 e. The van der Waals surface area contributed by atoms with E-state index in [4.69, 9.17) is 14.6 Å². The number of carboxylic acid groups (broad SMARTS) is 1. The maximum absolute atomic E-state index is 11.1. The van der Waals surface area contributed by atoms with Gasteiger partial charge in [0.15, 0.2) is 0 Å². The van der Waals surface area contributed by atoms with Crippen molar-refractivity contribution in [3.05, 3.63) is 18.2 Å². The molecule has 0 aliphatic heterocycles. The number of rotatable bonds is 8. The highest BCUT2D eigenvalue weighted by Gasteiger charge is 2.19. The quantitative estimate of drug-likeness (QED) is 0.793. The van der Waals surface area contributed by atoms with Crippen molar-refractivity contribution in [1.82, 2.24) is 0 Å². The summed E-state index contributed by atoms with van der Waals surface area (Å²) in [7, 11) is 3.21. The van der Waals surface area contributed by atoms with Crippen LogP contribution in [0, 0.1) is 5.92 Å². The fourth-order valence-corrected chi connectivity index (χ4v) is 2.03. The summed E-state index contributed by atoms with van der Waals surface area (Å²) in [6.45, 7) is 4.97. The Balaban J connectivity index is 3.08. The Morgan fingerprint density at radius 1 is 1.35 bits per heavy atom. The summed E-state index contributed by atoms with van der Waals surface area (Å²) in [4.78, 5) is 13.1. The van der Waals surface area contributed by atoms with Crippen LogP contribution in [0.2, 0.25) is 0 Å². The summed E-state index contributed by atoms with van der Waals surface area (Å²) in [5.74, 6) is 0.201. The van der Waals surface area contributed by atoms with E-state index in [1.165, 1.54) is 0 Å². The van der Waals surface area contributed by atoms with Crippen molar-refractivity contribution in [2.24, 2.45) is 5.92 Å². The standard InChI is InChI=1S/C15H23NO4/c1-5-8-16(10-11(2)15(17)18)13-9-12(19-3)6-7-14(13)20-4/h6-7,9,11H,5,8,10H2,1-4H3,(H,17,18). The molecular formula is C15H23NO4. The Bertz CT molecular complexity index is 447. The van der Waals surface area contributed by atoms with E-state index in [1.54, 1.807) is 21.1 Å². The highest BCUT2D eigenvalue weighted by molar-refractivity contribution is 5.71. The molecule has 5 nitrogen and oxygen atoms in total. The molecule has 0 amide bonds. The average Bonchev–Trinajstić information content (AvgIpc) is 2.45. The zero-order valence-electron chi connectivity index (χ0n) is 12.5. The second-order valence-electron chi connectivity index (χ2n) is 4.72. The van der Waals surface area contributed by atoms with Crippen molar-refractivity contribution < 1.29 is 19.4 Å². The summed E-state index contributed by atoms with van der Waals surface area (Å²) in [6, 6.07) is 5.54. The van der Waals surface area contributed by atoms with E-state index in [-0.39, 0.29) is 0 Å². The zero-order chi connectivity index (χ0) is 15.1. The molecule has 20 heavy (non-hydrogen) atoms. The van der Waals surface area contributed by atoms with E-state index in [1.807, 2.05) is 23.1 Å². The van der Waals surface area contributed by atoms with E-state index in [9.17, 15) is 4.79 Å². The van der Waals surface area contributed by atoms with Gasteiger partial charge < -0.3 is 19.5 Å². The van der Waals surface area contributed by atoms with Gasteiger partial charge in [-0.05, 0) is 18.6 Å². The van der Waals surface area contributed by atoms with Gasteiger partial charge >= 0.3 is 5.97 Å². The maximum atomic E-state index is 11.1. The summed E-state index contributed by atoms with van der Waals surface area (Å²) >= 11 is 0. The van der Waals surface area contributed by atoms with Crippen LogP contribution in [0.5, 0.6) is 11.5 Å². The van der Waals surface area contributed by atoms with Crippen molar-refractivity contribution in [3.8, 4) is 11.5 Å². The number of carboxylic acids is 1. The normalized spacial score (nSPS) is 11.8. The summed E-state index contributed by atoms with van der Waals surface area (Å²) in [5, 5.41) is 9.09. The van der Waals surface area contributed by atoms with Crippen LogP contribution < -0.4 is 14.4 Å². The highest BCUT2D eigenvalue weighted by Crippen LogP contribution is 2.32. The SMILES string of the molecule is CCCN(CC(C)C(=O)O)c1cc(OC)ccc1OC. The molecule has 5 heteroatoms. The second-order valence-corrected chi connectivity index (χ2v) is 4.72. The Labute approximate surface area is 120 Å². The van der Waals surface area contributed by atoms with Crippen LogP contribution in [0.1, 0.15) is 20.3 Å². The second kappa shape index (κ2) is 7.62. The maximum Gasteiger partial charge on any atom is 0.308 e. The van der Waals surface area contributed by atoms with Crippen molar-refractivity contribution in [3.63, 3.8) is 0 Å². The van der Waals surface area contributed by atoms with E-state index < -0.39 is 11.9 Å². The molecule has 0 heterocycles. The fourth-order valence-electron chi connectivity index (χ4n) is 2.03. The van der Waals surface area contributed by atoms with E-state index in [2.05, 4.69) is 6.92 Å². The van der Waals surface area contributed by atoms with Crippen LogP contribution in [0.25, 0.3) is 0 Å². The first kappa shape index (κ1) is 16.1. The van der Waals surface area contributed by atoms with E-state index in [0.717, 1.165) is 30.2 Å². The molecule has 0 aromatic heterocycles. The van der Waals surface area contributed by atoms with E-state index in [0.29, 0.717) is 6.54 Å². The molecule has 1 N–H and O–H groups in total. The first-order valence-corrected chi connectivity index (χ1v) is 6.73. The minimum atomic E-state index is -0.798. The molecule has 0 radical (unpaired) electrons. The van der Waals surface area contributed by atoms with Crippen LogP contribution in [0.3, 0.4) is 0 Å². The van der Waals surface area contributed by atoms with Gasteiger partial charge in [-0.25, -0.2) is 0 Å². The number of aliphatic carboxylic acids is 1. The van der Waals surface area contributed by atoms with Gasteiger partial charge in [0.2, 0.25) is 0 Å². The predicted molar refractivity (Wildman–Crippen MR) is 78.8 cm³/mol. The topological polar surface area (TPSA) is 59.0 Å². The van der Waals surface area contributed by atoms with Crippen molar-refractivity contribution in [1.29, 1.82) is 0 Å². The molecule has 0 fully saturated rings. The number of methoxy groups -OCH3 is 2. The van der Waals surface area contributed by atoms with Gasteiger partial charge in [-0.3, -0.25) is 4.79 Å². The van der Waals surface area contributed by atoms with E-state index >= 15 is 0 Å². The van der Waals surface area contributed by atoms with Crippen molar-refractivity contribution in [2.75, 3.05) is 32.2 Å². The molecule has 1 rings (SSSR count). The molecule has 0 spiro atoms. The van der Waals surface area contributed by atoms with Gasteiger partial charge in [0.05, 0.1) is 25.8 Å². The smallest absolute Gasteiger partial charge is 0.308 e. The molecule has 1 unspecified atom stereocenters. The van der Waals surface area contributed by atoms with Gasteiger partial charge in [0.1, 0.15) is 11.5 Å². The van der Waals surface area contributed by atoms with Gasteiger partial charge in [-0.1, -0.05) is 13.8 Å². The van der Waals surface area contributed by atoms with Crippen LogP contribution in [0.4, 0.5) is 5.69 Å². The third-order valence-corrected chi connectivity index (χ3v) is 3.14. The van der Waals surface area contributed by atoms with Crippen LogP contribution in [-0.2, 0) is 4.79 Å². The molecule has 0 saturated carbocycles. The molecule has 1 aromatic rings. The first-order valence-electron chi connectivity index (χ1n) is 6.73. The summed E-state index contributed by atoms with van der Waals surface area (Å²) in [5.41, 5.74) is 0.863. The number of carbonyl (C=O) groups is 1. The molecule has 112 valence electrons. The number of ether oxygens (including phenoxy) is 2. The summed E-state index contributed by atoms with van der Waals surface area (Å²) in [6.07, 6.45) is 0.923. The number of benzene rings is 1. The monoisotopic (exact) mass is 281 g/mol. The molecular weight excluding hydrogens is 258 g/mol. The highest BCUT2D eigenvalue weighted by atomic mass is 16.5. The predicted octanol–water partition coefficient (Wildman–Crippen LogP) is 2.64. The zero-order valence-corrected chi connectivity index (χ0v) is 12.5. The van der Waals surface area contributed by atoms with Gasteiger partial charge in [-0.2, -0.15) is 0 Å². The Morgan fingerprint density at radius 3 is 2.55 bits per heavy atom. The lowest BCUT2D eigenvalue weighted by atomic mass is 10.1. The Morgan fingerprint density at radius 2 is 2.05 bits per heavy atom. The molecule has 1 atom stereocenters. The number of nitrogens with zero attached hydrogens (tertiary/aromatic N) is 1. The number of hydrogen-bond acceptors (Lipinski definition) is 4.